The number of methoxy groups -OCH3 is 2. The molecule has 4 aromatic carbocycles. The molecule has 1 atom stereocenters. The standard InChI is InChI=1S/C36H28N4O10S/c1-4-49-35(42)31-32(21-10-6-5-7-11-21)37-36-38(33(31)23-14-16-28(47-2)29(18-23)48-3)34(41)30(51-36)19-22-12-8-9-13-26(22)50-27-17-15-24(39(43)44)20-25(27)40(45)46/h5-20,33H,4H2,1-3H3/b30-19+/t33-/m1/s1. The van der Waals surface area contributed by atoms with Gasteiger partial charge >= 0.3 is 11.7 Å². The number of hydrogen-bond donors (Lipinski definition) is 0. The Bertz CT molecular complexity index is 2400. The molecule has 0 radical (unpaired) electrons. The largest absolute Gasteiger partial charge is 0.493 e. The monoisotopic (exact) mass is 708 g/mol. The Labute approximate surface area is 293 Å². The van der Waals surface area contributed by atoms with Crippen LogP contribution in [0, 0.1) is 20.2 Å². The number of fused-ring (bicyclic) bond motifs is 1. The van der Waals surface area contributed by atoms with E-state index in [1.54, 1.807) is 55.5 Å². The van der Waals surface area contributed by atoms with Gasteiger partial charge in [0, 0.05) is 17.2 Å². The highest BCUT2D eigenvalue weighted by atomic mass is 32.1. The van der Waals surface area contributed by atoms with Gasteiger partial charge in [0.1, 0.15) is 5.75 Å². The first-order valence-electron chi connectivity index (χ1n) is 15.3. The number of rotatable bonds is 11. The molecule has 15 heteroatoms. The molecule has 0 amide bonds. The second-order valence-electron chi connectivity index (χ2n) is 10.9. The van der Waals surface area contributed by atoms with E-state index in [1.807, 2.05) is 30.3 Å². The Hall–Kier alpha value is -6.61. The number of non-ortho nitro benzene ring substituents is 1. The molecular weight excluding hydrogens is 680 g/mol. The van der Waals surface area contributed by atoms with Crippen molar-refractivity contribution in [3.8, 4) is 23.0 Å². The van der Waals surface area contributed by atoms with Crippen molar-refractivity contribution in [2.45, 2.75) is 13.0 Å². The lowest BCUT2D eigenvalue weighted by Crippen LogP contribution is -2.40. The molecule has 258 valence electrons. The lowest BCUT2D eigenvalue weighted by molar-refractivity contribution is -0.394. The molecule has 51 heavy (non-hydrogen) atoms. The zero-order valence-electron chi connectivity index (χ0n) is 27.3. The fourth-order valence-electron chi connectivity index (χ4n) is 5.58. The molecule has 0 bridgehead atoms. The van der Waals surface area contributed by atoms with Crippen LogP contribution in [0.1, 0.15) is 29.7 Å². The summed E-state index contributed by atoms with van der Waals surface area (Å²) in [4.78, 5) is 54.9. The summed E-state index contributed by atoms with van der Waals surface area (Å²) in [5.74, 6) is 0.0907. The van der Waals surface area contributed by atoms with Crippen LogP contribution in [0.3, 0.4) is 0 Å². The lowest BCUT2D eigenvalue weighted by Gasteiger charge is -2.26. The van der Waals surface area contributed by atoms with Gasteiger partial charge in [-0.15, -0.1) is 0 Å². The number of nitrogens with zero attached hydrogens (tertiary/aromatic N) is 4. The van der Waals surface area contributed by atoms with Crippen LogP contribution in [0.5, 0.6) is 23.0 Å². The van der Waals surface area contributed by atoms with Crippen molar-refractivity contribution in [1.29, 1.82) is 0 Å². The molecule has 0 unspecified atom stereocenters. The molecule has 0 saturated carbocycles. The van der Waals surface area contributed by atoms with E-state index in [2.05, 4.69) is 0 Å². The van der Waals surface area contributed by atoms with Gasteiger partial charge in [-0.3, -0.25) is 29.6 Å². The van der Waals surface area contributed by atoms with Gasteiger partial charge in [0.2, 0.25) is 5.75 Å². The number of carbonyl (C=O) groups excluding carboxylic acids is 1. The molecule has 1 aromatic heterocycles. The number of ether oxygens (including phenoxy) is 4. The molecule has 0 saturated heterocycles. The van der Waals surface area contributed by atoms with Crippen LogP contribution in [0.4, 0.5) is 11.4 Å². The van der Waals surface area contributed by atoms with Crippen LogP contribution in [0.2, 0.25) is 0 Å². The van der Waals surface area contributed by atoms with Crippen molar-refractivity contribution >= 4 is 40.5 Å². The molecule has 0 N–H and O–H groups in total. The third-order valence-electron chi connectivity index (χ3n) is 7.87. The third kappa shape index (κ3) is 6.69. The van der Waals surface area contributed by atoms with E-state index in [0.29, 0.717) is 38.7 Å². The van der Waals surface area contributed by atoms with Gasteiger partial charge < -0.3 is 18.9 Å². The topological polar surface area (TPSA) is 175 Å². The average molecular weight is 709 g/mol. The van der Waals surface area contributed by atoms with Crippen LogP contribution < -0.4 is 29.1 Å². The third-order valence-corrected chi connectivity index (χ3v) is 8.86. The summed E-state index contributed by atoms with van der Waals surface area (Å²) in [6.45, 7) is 1.77. The highest BCUT2D eigenvalue weighted by molar-refractivity contribution is 7.07. The van der Waals surface area contributed by atoms with E-state index in [9.17, 15) is 29.8 Å². The number of nitro groups is 2. The SMILES string of the molecule is CCOC(=O)C1=C(c2ccccc2)N=c2s/c(=C/c3ccccc3Oc3ccc([N+](=O)[O-])cc3[N+](=O)[O-])c(=O)n2[C@@H]1c1ccc(OC)c(OC)c1. The van der Waals surface area contributed by atoms with Gasteiger partial charge in [-0.2, -0.15) is 0 Å². The summed E-state index contributed by atoms with van der Waals surface area (Å²) in [5, 5.41) is 23.0. The minimum Gasteiger partial charge on any atom is -0.493 e. The Kier molecular flexibility index (Phi) is 9.72. The zero-order chi connectivity index (χ0) is 36.2. The predicted molar refractivity (Wildman–Crippen MR) is 187 cm³/mol. The average Bonchev–Trinajstić information content (AvgIpc) is 3.45. The minimum absolute atomic E-state index is 0.0805. The molecular formula is C36H28N4O10S. The van der Waals surface area contributed by atoms with E-state index in [-0.39, 0.29) is 28.2 Å². The van der Waals surface area contributed by atoms with Crippen molar-refractivity contribution < 1.29 is 33.6 Å². The molecule has 0 aliphatic carbocycles. The number of hydrogen-bond acceptors (Lipinski definition) is 12. The van der Waals surface area contributed by atoms with Gasteiger partial charge in [0.05, 0.1) is 58.6 Å². The Morgan fingerprint density at radius 3 is 2.27 bits per heavy atom. The van der Waals surface area contributed by atoms with Crippen LogP contribution in [-0.4, -0.2) is 41.2 Å². The van der Waals surface area contributed by atoms with E-state index in [4.69, 9.17) is 23.9 Å². The van der Waals surface area contributed by atoms with Crippen LogP contribution in [-0.2, 0) is 9.53 Å². The first-order valence-corrected chi connectivity index (χ1v) is 16.2. The molecule has 0 fully saturated rings. The van der Waals surface area contributed by atoms with Crippen molar-refractivity contribution in [2.75, 3.05) is 20.8 Å². The second-order valence-corrected chi connectivity index (χ2v) is 11.9. The Balaban J connectivity index is 1.57. The number of carbonyl (C=O) groups is 1. The molecule has 2 heterocycles. The summed E-state index contributed by atoms with van der Waals surface area (Å²) >= 11 is 1.07. The maximum Gasteiger partial charge on any atom is 0.338 e. The van der Waals surface area contributed by atoms with Gasteiger partial charge in [-0.05, 0) is 42.8 Å². The Morgan fingerprint density at radius 1 is 0.882 bits per heavy atom. The van der Waals surface area contributed by atoms with E-state index < -0.39 is 38.8 Å². The van der Waals surface area contributed by atoms with Crippen molar-refractivity contribution in [3.63, 3.8) is 0 Å². The number of aromatic nitrogens is 1. The van der Waals surface area contributed by atoms with E-state index in [1.165, 1.54) is 18.8 Å². The van der Waals surface area contributed by atoms with Crippen molar-refractivity contribution in [1.82, 2.24) is 4.57 Å². The summed E-state index contributed by atoms with van der Waals surface area (Å²) in [5.41, 5.74) is 0.458. The summed E-state index contributed by atoms with van der Waals surface area (Å²) in [7, 11) is 2.98. The Morgan fingerprint density at radius 2 is 1.59 bits per heavy atom. The number of para-hydroxylation sites is 1. The summed E-state index contributed by atoms with van der Waals surface area (Å²) < 4.78 is 24.1. The van der Waals surface area contributed by atoms with Gasteiger partial charge in [-0.25, -0.2) is 9.79 Å². The maximum atomic E-state index is 14.4. The molecule has 1 aliphatic heterocycles. The lowest BCUT2D eigenvalue weighted by atomic mass is 9.93. The minimum atomic E-state index is -0.994. The number of benzene rings is 4. The van der Waals surface area contributed by atoms with Crippen LogP contribution in [0.25, 0.3) is 11.8 Å². The van der Waals surface area contributed by atoms with Crippen LogP contribution in [0.15, 0.2) is 106 Å². The second kappa shape index (κ2) is 14.5. The van der Waals surface area contributed by atoms with E-state index >= 15 is 0 Å². The predicted octanol–water partition coefficient (Wildman–Crippen LogP) is 5.56. The molecule has 1 aliphatic rings. The zero-order valence-corrected chi connectivity index (χ0v) is 28.1. The van der Waals surface area contributed by atoms with Gasteiger partial charge in [0.25, 0.3) is 11.2 Å². The van der Waals surface area contributed by atoms with Gasteiger partial charge in [0.15, 0.2) is 16.3 Å². The fraction of sp³-hybridized carbons (Fsp3) is 0.139. The normalized spacial score (nSPS) is 13.9. The first kappa shape index (κ1) is 34.3. The number of esters is 1. The first-order chi connectivity index (χ1) is 24.6. The fourth-order valence-corrected chi connectivity index (χ4v) is 6.57. The smallest absolute Gasteiger partial charge is 0.338 e. The number of nitro benzene ring substituents is 2. The van der Waals surface area contributed by atoms with Crippen molar-refractivity contribution in [3.05, 3.63) is 153 Å². The molecule has 5 aromatic rings. The maximum absolute atomic E-state index is 14.4. The van der Waals surface area contributed by atoms with Crippen LogP contribution >= 0.6 is 11.3 Å². The quantitative estimate of drug-likeness (QED) is 0.0960. The summed E-state index contributed by atoms with van der Waals surface area (Å²) in [6, 6.07) is 22.8. The number of thiazole rings is 1. The highest BCUT2D eigenvalue weighted by Gasteiger charge is 2.36. The van der Waals surface area contributed by atoms with E-state index in [0.717, 1.165) is 29.5 Å². The molecule has 0 spiro atoms. The molecule has 6 rings (SSSR count). The van der Waals surface area contributed by atoms with Crippen molar-refractivity contribution in [2.24, 2.45) is 4.99 Å². The van der Waals surface area contributed by atoms with Gasteiger partial charge in [-0.1, -0.05) is 65.9 Å². The highest BCUT2D eigenvalue weighted by Crippen LogP contribution is 2.39. The molecule has 14 nitrogen and oxygen atoms in total. The summed E-state index contributed by atoms with van der Waals surface area (Å²) in [6.07, 6.45) is 1.55.